The first-order valence-electron chi connectivity index (χ1n) is 9.41. The predicted molar refractivity (Wildman–Crippen MR) is 105 cm³/mol. The number of hydrogen-bond donors (Lipinski definition) is 2. The summed E-state index contributed by atoms with van der Waals surface area (Å²) >= 11 is 0. The van der Waals surface area contributed by atoms with E-state index in [4.69, 9.17) is 4.98 Å². The zero-order valence-corrected chi connectivity index (χ0v) is 16.1. The maximum absolute atomic E-state index is 13.4. The Balaban J connectivity index is 2.15. The molecule has 3 rings (SSSR count). The quantitative estimate of drug-likeness (QED) is 0.643. The average molecular weight is 370 g/mol. The average Bonchev–Trinajstić information content (AvgIpc) is 2.66. The van der Waals surface area contributed by atoms with Crippen molar-refractivity contribution in [2.45, 2.75) is 19.4 Å². The fourth-order valence-corrected chi connectivity index (χ4v) is 3.27. The number of aromatic nitrogens is 2. The molecule has 142 valence electrons. The standard InChI is InChI=1S/C21H25FN4O/c1-4-18(23-13-14-25(2)3)20-24-19-8-6-5-7-17(19)21(27)26(20)16-11-9-15(22)10-12-16/h5-12,18,23H,4,13-14H2,1-3H3/p+2/t18-/m0/s1. The lowest BCUT2D eigenvalue weighted by molar-refractivity contribution is -0.877. The maximum Gasteiger partial charge on any atom is 0.266 e. The second-order valence-corrected chi connectivity index (χ2v) is 7.10. The van der Waals surface area contributed by atoms with Gasteiger partial charge in [0.05, 0.1) is 30.7 Å². The highest BCUT2D eigenvalue weighted by Crippen LogP contribution is 2.18. The molecule has 0 aliphatic carbocycles. The molecule has 0 radical (unpaired) electrons. The summed E-state index contributed by atoms with van der Waals surface area (Å²) in [6, 6.07) is 13.4. The third kappa shape index (κ3) is 4.23. The summed E-state index contributed by atoms with van der Waals surface area (Å²) in [5.74, 6) is 0.385. The molecule has 0 aliphatic rings. The summed E-state index contributed by atoms with van der Waals surface area (Å²) in [4.78, 5) is 19.5. The van der Waals surface area contributed by atoms with Gasteiger partial charge in [0.25, 0.3) is 5.56 Å². The lowest BCUT2D eigenvalue weighted by Gasteiger charge is -2.19. The number of likely N-dealkylation sites (N-methyl/N-ethyl adjacent to an activating group) is 1. The minimum Gasteiger partial charge on any atom is -0.335 e. The van der Waals surface area contributed by atoms with Gasteiger partial charge in [0.15, 0.2) is 5.82 Å². The van der Waals surface area contributed by atoms with Crippen molar-refractivity contribution in [3.63, 3.8) is 0 Å². The summed E-state index contributed by atoms with van der Waals surface area (Å²) in [7, 11) is 4.25. The Hall–Kier alpha value is -2.57. The highest BCUT2D eigenvalue weighted by Gasteiger charge is 2.22. The molecule has 0 spiro atoms. The summed E-state index contributed by atoms with van der Waals surface area (Å²) in [5, 5.41) is 2.81. The molecule has 1 atom stereocenters. The molecule has 1 heterocycles. The molecule has 1 aromatic heterocycles. The first-order valence-corrected chi connectivity index (χ1v) is 9.41. The normalized spacial score (nSPS) is 12.6. The van der Waals surface area contributed by atoms with Crippen molar-refractivity contribution in [2.24, 2.45) is 0 Å². The summed E-state index contributed by atoms with van der Waals surface area (Å²) < 4.78 is 15.0. The van der Waals surface area contributed by atoms with Gasteiger partial charge in [-0.1, -0.05) is 19.1 Å². The molecule has 5 nitrogen and oxygen atoms in total. The van der Waals surface area contributed by atoms with Crippen LogP contribution in [0.4, 0.5) is 4.39 Å². The number of rotatable bonds is 7. The first kappa shape index (κ1) is 19.2. The van der Waals surface area contributed by atoms with Gasteiger partial charge in [-0.25, -0.2) is 9.37 Å². The molecule has 0 saturated heterocycles. The number of quaternary nitrogens is 2. The van der Waals surface area contributed by atoms with Crippen LogP contribution in [0.1, 0.15) is 25.2 Å². The third-order valence-corrected chi connectivity index (χ3v) is 4.75. The predicted octanol–water partition coefficient (Wildman–Crippen LogP) is 0.684. The minimum absolute atomic E-state index is 0.0479. The number of para-hydroxylation sites is 1. The Kier molecular flexibility index (Phi) is 5.98. The molecule has 0 unspecified atom stereocenters. The van der Waals surface area contributed by atoms with Crippen LogP contribution in [0.15, 0.2) is 53.3 Å². The van der Waals surface area contributed by atoms with E-state index in [0.717, 1.165) is 19.5 Å². The van der Waals surface area contributed by atoms with Gasteiger partial charge in [-0.2, -0.15) is 0 Å². The van der Waals surface area contributed by atoms with Crippen LogP contribution in [0.25, 0.3) is 16.6 Å². The number of nitrogens with two attached hydrogens (primary N) is 1. The lowest BCUT2D eigenvalue weighted by Crippen LogP contribution is -3.09. The monoisotopic (exact) mass is 370 g/mol. The van der Waals surface area contributed by atoms with Crippen LogP contribution in [0.5, 0.6) is 0 Å². The van der Waals surface area contributed by atoms with Crippen molar-refractivity contribution in [3.05, 3.63) is 70.5 Å². The Morgan fingerprint density at radius 2 is 1.85 bits per heavy atom. The molecule has 6 heteroatoms. The summed E-state index contributed by atoms with van der Waals surface area (Å²) in [6.45, 7) is 4.05. The smallest absolute Gasteiger partial charge is 0.266 e. The number of nitrogens with one attached hydrogen (secondary N) is 1. The largest absolute Gasteiger partial charge is 0.335 e. The lowest BCUT2D eigenvalue weighted by atomic mass is 10.1. The van der Waals surface area contributed by atoms with Crippen molar-refractivity contribution in [2.75, 3.05) is 27.2 Å². The van der Waals surface area contributed by atoms with Crippen molar-refractivity contribution >= 4 is 10.9 Å². The molecule has 3 N–H and O–H groups in total. The van der Waals surface area contributed by atoms with Gasteiger partial charge >= 0.3 is 0 Å². The molecular formula is C21H27FN4O+2. The van der Waals surface area contributed by atoms with E-state index < -0.39 is 0 Å². The van der Waals surface area contributed by atoms with Crippen LogP contribution in [-0.4, -0.2) is 36.7 Å². The fraction of sp³-hybridized carbons (Fsp3) is 0.333. The van der Waals surface area contributed by atoms with Crippen molar-refractivity contribution in [1.29, 1.82) is 0 Å². The van der Waals surface area contributed by atoms with Crippen molar-refractivity contribution in [3.8, 4) is 5.69 Å². The van der Waals surface area contributed by atoms with Crippen LogP contribution in [0, 0.1) is 5.82 Å². The zero-order chi connectivity index (χ0) is 19.4. The first-order chi connectivity index (χ1) is 13.0. The molecule has 27 heavy (non-hydrogen) atoms. The van der Waals surface area contributed by atoms with Crippen LogP contribution in [0.2, 0.25) is 0 Å². The molecule has 2 aromatic carbocycles. The Bertz CT molecular complexity index is 966. The molecule has 3 aromatic rings. The molecule has 0 bridgehead atoms. The Morgan fingerprint density at radius 3 is 2.52 bits per heavy atom. The molecule has 0 fully saturated rings. The topological polar surface area (TPSA) is 55.9 Å². The number of nitrogens with zero attached hydrogens (tertiary/aromatic N) is 2. The molecular weight excluding hydrogens is 343 g/mol. The van der Waals surface area contributed by atoms with E-state index in [9.17, 15) is 9.18 Å². The van der Waals surface area contributed by atoms with Crippen LogP contribution < -0.4 is 15.8 Å². The van der Waals surface area contributed by atoms with Crippen LogP contribution in [-0.2, 0) is 0 Å². The van der Waals surface area contributed by atoms with E-state index in [1.807, 2.05) is 18.2 Å². The molecule has 0 aliphatic heterocycles. The van der Waals surface area contributed by atoms with Gasteiger partial charge in [0.1, 0.15) is 24.9 Å². The van der Waals surface area contributed by atoms with Gasteiger partial charge in [0.2, 0.25) is 0 Å². The second-order valence-electron chi connectivity index (χ2n) is 7.10. The van der Waals surface area contributed by atoms with Crippen molar-refractivity contribution in [1.82, 2.24) is 9.55 Å². The second kappa shape index (κ2) is 8.41. The van der Waals surface area contributed by atoms with Gasteiger partial charge in [-0.15, -0.1) is 0 Å². The summed E-state index contributed by atoms with van der Waals surface area (Å²) in [6.07, 6.45) is 0.842. The van der Waals surface area contributed by atoms with E-state index >= 15 is 0 Å². The molecule has 0 amide bonds. The highest BCUT2D eigenvalue weighted by atomic mass is 19.1. The van der Waals surface area contributed by atoms with E-state index in [0.29, 0.717) is 22.4 Å². The number of fused-ring (bicyclic) bond motifs is 1. The van der Waals surface area contributed by atoms with E-state index in [1.54, 1.807) is 22.8 Å². The zero-order valence-electron chi connectivity index (χ0n) is 16.1. The summed E-state index contributed by atoms with van der Waals surface area (Å²) in [5.41, 5.74) is 1.22. The highest BCUT2D eigenvalue weighted by molar-refractivity contribution is 5.77. The number of benzene rings is 2. The minimum atomic E-state index is -0.324. The Labute approximate surface area is 158 Å². The third-order valence-electron chi connectivity index (χ3n) is 4.75. The van der Waals surface area contributed by atoms with E-state index in [-0.39, 0.29) is 17.4 Å². The van der Waals surface area contributed by atoms with E-state index in [1.165, 1.54) is 17.0 Å². The number of halogens is 1. The number of hydrogen-bond acceptors (Lipinski definition) is 2. The van der Waals surface area contributed by atoms with Crippen LogP contribution in [0.3, 0.4) is 0 Å². The van der Waals surface area contributed by atoms with Gasteiger partial charge in [0, 0.05) is 6.42 Å². The van der Waals surface area contributed by atoms with E-state index in [2.05, 4.69) is 26.3 Å². The maximum atomic E-state index is 13.4. The van der Waals surface area contributed by atoms with Gasteiger partial charge in [-0.3, -0.25) is 9.36 Å². The van der Waals surface area contributed by atoms with Crippen LogP contribution >= 0.6 is 0 Å². The van der Waals surface area contributed by atoms with Crippen molar-refractivity contribution < 1.29 is 14.6 Å². The Morgan fingerprint density at radius 1 is 1.15 bits per heavy atom. The fourth-order valence-electron chi connectivity index (χ4n) is 3.27. The van der Waals surface area contributed by atoms with Gasteiger partial charge < -0.3 is 10.2 Å². The SMILES string of the molecule is CC[C@H]([NH2+]CC[NH+](C)C)c1nc2ccccc2c(=O)n1-c1ccc(F)cc1. The molecule has 0 saturated carbocycles. The van der Waals surface area contributed by atoms with Gasteiger partial charge in [-0.05, 0) is 36.4 Å².